The molecule has 0 aliphatic carbocycles. The van der Waals surface area contributed by atoms with E-state index in [1.54, 1.807) is 11.2 Å². The molecule has 110 valence electrons. The zero-order chi connectivity index (χ0) is 14.6. The Morgan fingerprint density at radius 2 is 1.95 bits per heavy atom. The summed E-state index contributed by atoms with van der Waals surface area (Å²) in [4.78, 5) is 26.1. The molecule has 1 aliphatic rings. The molecule has 1 saturated heterocycles. The summed E-state index contributed by atoms with van der Waals surface area (Å²) >= 11 is 0. The summed E-state index contributed by atoms with van der Waals surface area (Å²) in [6.07, 6.45) is 3.52. The van der Waals surface area contributed by atoms with Crippen molar-refractivity contribution in [3.8, 4) is 0 Å². The number of carbonyl (C=O) groups excluding carboxylic acids is 2. The Labute approximate surface area is 117 Å². The fourth-order valence-electron chi connectivity index (χ4n) is 2.45. The van der Waals surface area contributed by atoms with Crippen molar-refractivity contribution >= 4 is 22.6 Å². The van der Waals surface area contributed by atoms with Gasteiger partial charge in [-0.3, -0.25) is 13.8 Å². The number of hydrogen-bond acceptors (Lipinski definition) is 3. The summed E-state index contributed by atoms with van der Waals surface area (Å²) in [5.74, 6) is 0.474. The smallest absolute Gasteiger partial charge is 0.246 e. The number of nitrogens with zero attached hydrogens (tertiary/aromatic N) is 1. The van der Waals surface area contributed by atoms with Gasteiger partial charge in [0.05, 0.1) is 0 Å². The standard InChI is InChI=1S/C13H24N2O3S/c1-5-10-13(17)15(9(3)7-8-19(4)18)11(6-2)12(16)14-10/h9-11H,5-8H2,1-4H3,(H,14,16). The van der Waals surface area contributed by atoms with Crippen molar-refractivity contribution in [3.05, 3.63) is 0 Å². The summed E-state index contributed by atoms with van der Waals surface area (Å²) in [6, 6.07) is -0.859. The number of carbonyl (C=O) groups is 2. The Bertz CT molecular complexity index is 373. The fraction of sp³-hybridized carbons (Fsp3) is 0.846. The third-order valence-electron chi connectivity index (χ3n) is 3.60. The van der Waals surface area contributed by atoms with Gasteiger partial charge in [0.1, 0.15) is 12.1 Å². The van der Waals surface area contributed by atoms with E-state index >= 15 is 0 Å². The van der Waals surface area contributed by atoms with Crippen molar-refractivity contribution in [2.75, 3.05) is 12.0 Å². The van der Waals surface area contributed by atoms with Gasteiger partial charge in [-0.05, 0) is 26.2 Å². The van der Waals surface area contributed by atoms with Crippen LogP contribution in [-0.4, -0.2) is 51.1 Å². The van der Waals surface area contributed by atoms with Crippen molar-refractivity contribution in [3.63, 3.8) is 0 Å². The first kappa shape index (κ1) is 16.1. The third kappa shape index (κ3) is 3.78. The second-order valence-electron chi connectivity index (χ2n) is 5.05. The summed E-state index contributed by atoms with van der Waals surface area (Å²) in [6.45, 7) is 5.72. The molecule has 5 nitrogen and oxygen atoms in total. The average Bonchev–Trinajstić information content (AvgIpc) is 2.37. The molecule has 1 aliphatic heterocycles. The average molecular weight is 288 g/mol. The molecule has 0 aromatic rings. The lowest BCUT2D eigenvalue weighted by atomic mass is 10.0. The highest BCUT2D eigenvalue weighted by Gasteiger charge is 2.40. The van der Waals surface area contributed by atoms with Crippen LogP contribution in [0.5, 0.6) is 0 Å². The first-order valence-electron chi connectivity index (χ1n) is 6.84. The number of rotatable bonds is 6. The predicted octanol–water partition coefficient (Wildman–Crippen LogP) is 0.659. The summed E-state index contributed by atoms with van der Waals surface area (Å²) < 4.78 is 11.2. The Kier molecular flexibility index (Phi) is 5.97. The summed E-state index contributed by atoms with van der Waals surface area (Å²) in [5, 5.41) is 2.78. The number of amides is 2. The highest BCUT2D eigenvalue weighted by Crippen LogP contribution is 2.19. The molecule has 1 heterocycles. The topological polar surface area (TPSA) is 66.5 Å². The lowest BCUT2D eigenvalue weighted by Crippen LogP contribution is -2.65. The van der Waals surface area contributed by atoms with Crippen molar-refractivity contribution in [2.45, 2.75) is 58.2 Å². The molecule has 0 radical (unpaired) electrons. The molecule has 0 spiro atoms. The quantitative estimate of drug-likeness (QED) is 0.781. The van der Waals surface area contributed by atoms with Crippen LogP contribution in [0.25, 0.3) is 0 Å². The first-order valence-corrected chi connectivity index (χ1v) is 8.57. The molecule has 1 fully saturated rings. The Morgan fingerprint density at radius 3 is 2.42 bits per heavy atom. The van der Waals surface area contributed by atoms with E-state index in [1.165, 1.54) is 0 Å². The van der Waals surface area contributed by atoms with Crippen molar-refractivity contribution in [2.24, 2.45) is 0 Å². The third-order valence-corrected chi connectivity index (χ3v) is 4.41. The van der Waals surface area contributed by atoms with Crippen LogP contribution < -0.4 is 5.32 Å². The fourth-order valence-corrected chi connectivity index (χ4v) is 3.12. The largest absolute Gasteiger partial charge is 0.343 e. The number of piperazine rings is 1. The molecule has 0 aromatic carbocycles. The monoisotopic (exact) mass is 288 g/mol. The molecule has 1 N–H and O–H groups in total. The zero-order valence-corrected chi connectivity index (χ0v) is 13.0. The van der Waals surface area contributed by atoms with Gasteiger partial charge in [-0.1, -0.05) is 13.8 Å². The summed E-state index contributed by atoms with van der Waals surface area (Å²) in [7, 11) is -0.873. The minimum absolute atomic E-state index is 0.0108. The second-order valence-corrected chi connectivity index (χ2v) is 6.61. The lowest BCUT2D eigenvalue weighted by Gasteiger charge is -2.42. The van der Waals surface area contributed by atoms with E-state index in [1.807, 2.05) is 20.8 Å². The van der Waals surface area contributed by atoms with Crippen LogP contribution in [0.2, 0.25) is 0 Å². The van der Waals surface area contributed by atoms with Gasteiger partial charge in [0, 0.05) is 28.9 Å². The number of hydrogen-bond donors (Lipinski definition) is 1. The second kappa shape index (κ2) is 7.03. The molecular weight excluding hydrogens is 264 g/mol. The van der Waals surface area contributed by atoms with E-state index in [-0.39, 0.29) is 17.9 Å². The van der Waals surface area contributed by atoms with Crippen LogP contribution in [0.1, 0.15) is 40.0 Å². The van der Waals surface area contributed by atoms with Gasteiger partial charge in [0.25, 0.3) is 0 Å². The van der Waals surface area contributed by atoms with Crippen LogP contribution in [-0.2, 0) is 20.4 Å². The van der Waals surface area contributed by atoms with Gasteiger partial charge in [-0.2, -0.15) is 0 Å². The van der Waals surface area contributed by atoms with Gasteiger partial charge in [-0.25, -0.2) is 0 Å². The maximum atomic E-state index is 12.4. The molecular formula is C13H24N2O3S. The molecule has 2 amide bonds. The summed E-state index contributed by atoms with van der Waals surface area (Å²) in [5.41, 5.74) is 0. The molecule has 4 unspecified atom stereocenters. The van der Waals surface area contributed by atoms with Crippen LogP contribution in [0.15, 0.2) is 0 Å². The Morgan fingerprint density at radius 1 is 1.32 bits per heavy atom. The molecule has 19 heavy (non-hydrogen) atoms. The number of nitrogens with one attached hydrogen (secondary N) is 1. The molecule has 1 rings (SSSR count). The molecule has 0 aromatic heterocycles. The van der Waals surface area contributed by atoms with Crippen molar-refractivity contribution in [1.29, 1.82) is 0 Å². The highest BCUT2D eigenvalue weighted by atomic mass is 32.2. The Hall–Kier alpha value is -0.910. The Balaban J connectivity index is 2.86. The van der Waals surface area contributed by atoms with Gasteiger partial charge in [0.2, 0.25) is 11.8 Å². The normalized spacial score (nSPS) is 27.1. The van der Waals surface area contributed by atoms with Crippen LogP contribution in [0.4, 0.5) is 0 Å². The molecule has 4 atom stereocenters. The molecule has 0 bridgehead atoms. The van der Waals surface area contributed by atoms with E-state index in [9.17, 15) is 13.8 Å². The lowest BCUT2D eigenvalue weighted by molar-refractivity contribution is -0.152. The van der Waals surface area contributed by atoms with Crippen LogP contribution in [0.3, 0.4) is 0 Å². The van der Waals surface area contributed by atoms with Crippen molar-refractivity contribution < 1.29 is 13.8 Å². The van der Waals surface area contributed by atoms with Gasteiger partial charge in [-0.15, -0.1) is 0 Å². The van der Waals surface area contributed by atoms with E-state index in [0.29, 0.717) is 25.0 Å². The molecule has 6 heteroatoms. The first-order chi connectivity index (χ1) is 8.92. The minimum Gasteiger partial charge on any atom is -0.343 e. The van der Waals surface area contributed by atoms with Gasteiger partial charge in [0.15, 0.2) is 0 Å². The van der Waals surface area contributed by atoms with E-state index in [0.717, 1.165) is 0 Å². The molecule has 0 saturated carbocycles. The predicted molar refractivity (Wildman–Crippen MR) is 76.2 cm³/mol. The van der Waals surface area contributed by atoms with Crippen LogP contribution in [0, 0.1) is 0 Å². The SMILES string of the molecule is CCC1NC(=O)C(CC)N(C(C)CCS(C)=O)C1=O. The van der Waals surface area contributed by atoms with Gasteiger partial charge >= 0.3 is 0 Å². The maximum absolute atomic E-state index is 12.4. The van der Waals surface area contributed by atoms with E-state index in [2.05, 4.69) is 5.32 Å². The van der Waals surface area contributed by atoms with Crippen molar-refractivity contribution in [1.82, 2.24) is 10.2 Å². The van der Waals surface area contributed by atoms with E-state index < -0.39 is 22.9 Å². The maximum Gasteiger partial charge on any atom is 0.246 e. The van der Waals surface area contributed by atoms with Crippen LogP contribution >= 0.6 is 0 Å². The highest BCUT2D eigenvalue weighted by molar-refractivity contribution is 7.84. The zero-order valence-electron chi connectivity index (χ0n) is 12.1. The van der Waals surface area contributed by atoms with Gasteiger partial charge < -0.3 is 10.2 Å². The van der Waals surface area contributed by atoms with E-state index in [4.69, 9.17) is 0 Å². The minimum atomic E-state index is -0.873.